The van der Waals surface area contributed by atoms with E-state index in [1.54, 1.807) is 18.2 Å². The Bertz CT molecular complexity index is 550. The van der Waals surface area contributed by atoms with Gasteiger partial charge in [-0.25, -0.2) is 0 Å². The summed E-state index contributed by atoms with van der Waals surface area (Å²) in [6.45, 7) is 2.03. The largest absolute Gasteiger partial charge is 0.192 e. The quantitative estimate of drug-likeness (QED) is 0.717. The van der Waals surface area contributed by atoms with Crippen LogP contribution in [0.1, 0.15) is 11.1 Å². The molecule has 0 heterocycles. The maximum atomic E-state index is 9.05. The molecule has 78 valence electrons. The van der Waals surface area contributed by atoms with E-state index >= 15 is 0 Å². The fourth-order valence-corrected chi connectivity index (χ4v) is 1.91. The summed E-state index contributed by atoms with van der Waals surface area (Å²) < 4.78 is 0. The Morgan fingerprint density at radius 3 is 2.38 bits per heavy atom. The standard InChI is InChI=1S/C14H10ClN/c1-10-5-7-11(8-6-10)14-12(9-16)3-2-4-13(14)15/h2-8H,1H3. The molecule has 0 aliphatic carbocycles. The molecule has 0 aromatic heterocycles. The second-order valence-electron chi connectivity index (χ2n) is 3.64. The first-order valence-corrected chi connectivity index (χ1v) is 5.36. The van der Waals surface area contributed by atoms with Crippen molar-refractivity contribution in [1.82, 2.24) is 0 Å². The molecular formula is C14H10ClN. The van der Waals surface area contributed by atoms with Crippen LogP contribution in [-0.4, -0.2) is 0 Å². The minimum atomic E-state index is 0.608. The van der Waals surface area contributed by atoms with Crippen molar-refractivity contribution in [3.63, 3.8) is 0 Å². The van der Waals surface area contributed by atoms with Crippen molar-refractivity contribution >= 4 is 11.6 Å². The van der Waals surface area contributed by atoms with Crippen LogP contribution in [0.3, 0.4) is 0 Å². The molecule has 16 heavy (non-hydrogen) atoms. The van der Waals surface area contributed by atoms with Gasteiger partial charge in [-0.15, -0.1) is 0 Å². The first-order valence-electron chi connectivity index (χ1n) is 4.98. The molecule has 0 aliphatic heterocycles. The van der Waals surface area contributed by atoms with Crippen LogP contribution < -0.4 is 0 Å². The van der Waals surface area contributed by atoms with Gasteiger partial charge >= 0.3 is 0 Å². The molecule has 0 spiro atoms. The van der Waals surface area contributed by atoms with Crippen LogP contribution >= 0.6 is 11.6 Å². The van der Waals surface area contributed by atoms with Gasteiger partial charge in [0.05, 0.1) is 11.6 Å². The van der Waals surface area contributed by atoms with E-state index in [-0.39, 0.29) is 0 Å². The van der Waals surface area contributed by atoms with E-state index in [9.17, 15) is 0 Å². The van der Waals surface area contributed by atoms with Gasteiger partial charge in [-0.3, -0.25) is 0 Å². The van der Waals surface area contributed by atoms with Gasteiger partial charge in [0.2, 0.25) is 0 Å². The van der Waals surface area contributed by atoms with Crippen molar-refractivity contribution in [1.29, 1.82) is 5.26 Å². The van der Waals surface area contributed by atoms with Crippen LogP contribution in [0, 0.1) is 18.3 Å². The molecule has 0 radical (unpaired) electrons. The first kappa shape index (κ1) is 10.7. The average Bonchev–Trinajstić information content (AvgIpc) is 2.30. The predicted molar refractivity (Wildman–Crippen MR) is 66.3 cm³/mol. The number of nitriles is 1. The zero-order chi connectivity index (χ0) is 11.5. The van der Waals surface area contributed by atoms with E-state index in [0.717, 1.165) is 11.1 Å². The second kappa shape index (κ2) is 4.38. The maximum absolute atomic E-state index is 9.05. The highest BCUT2D eigenvalue weighted by molar-refractivity contribution is 6.33. The number of benzene rings is 2. The Morgan fingerprint density at radius 2 is 1.75 bits per heavy atom. The molecule has 0 bridgehead atoms. The third-order valence-corrected chi connectivity index (χ3v) is 2.79. The average molecular weight is 228 g/mol. The lowest BCUT2D eigenvalue weighted by Gasteiger charge is -2.06. The fraction of sp³-hybridized carbons (Fsp3) is 0.0714. The Morgan fingerprint density at radius 1 is 1.06 bits per heavy atom. The minimum absolute atomic E-state index is 0.608. The molecule has 2 aromatic carbocycles. The van der Waals surface area contributed by atoms with E-state index in [2.05, 4.69) is 6.07 Å². The highest BCUT2D eigenvalue weighted by Crippen LogP contribution is 2.31. The number of rotatable bonds is 1. The van der Waals surface area contributed by atoms with Gasteiger partial charge in [-0.2, -0.15) is 5.26 Å². The number of nitrogens with zero attached hydrogens (tertiary/aromatic N) is 1. The lowest BCUT2D eigenvalue weighted by molar-refractivity contribution is 1.45. The molecular weight excluding hydrogens is 218 g/mol. The number of aryl methyl sites for hydroxylation is 1. The highest BCUT2D eigenvalue weighted by Gasteiger charge is 2.08. The summed E-state index contributed by atoms with van der Waals surface area (Å²) in [5.41, 5.74) is 3.59. The summed E-state index contributed by atoms with van der Waals surface area (Å²) >= 11 is 6.13. The molecule has 0 unspecified atom stereocenters. The molecule has 0 fully saturated rings. The van der Waals surface area contributed by atoms with Gasteiger partial charge in [0.1, 0.15) is 0 Å². The minimum Gasteiger partial charge on any atom is -0.192 e. The van der Waals surface area contributed by atoms with E-state index in [1.807, 2.05) is 31.2 Å². The van der Waals surface area contributed by atoms with Crippen molar-refractivity contribution in [2.24, 2.45) is 0 Å². The van der Waals surface area contributed by atoms with Gasteiger partial charge in [0.15, 0.2) is 0 Å². The Kier molecular flexibility index (Phi) is 2.94. The molecule has 0 amide bonds. The van der Waals surface area contributed by atoms with Gasteiger partial charge in [-0.05, 0) is 24.6 Å². The predicted octanol–water partition coefficient (Wildman–Crippen LogP) is 4.19. The SMILES string of the molecule is Cc1ccc(-c2c(Cl)cccc2C#N)cc1. The number of hydrogen-bond acceptors (Lipinski definition) is 1. The zero-order valence-electron chi connectivity index (χ0n) is 8.87. The van der Waals surface area contributed by atoms with E-state index < -0.39 is 0 Å². The maximum Gasteiger partial charge on any atom is 0.0998 e. The molecule has 0 aliphatic rings. The Balaban J connectivity index is 2.64. The van der Waals surface area contributed by atoms with Crippen molar-refractivity contribution in [3.8, 4) is 17.2 Å². The fourth-order valence-electron chi connectivity index (χ4n) is 1.63. The summed E-state index contributed by atoms with van der Waals surface area (Å²) in [6.07, 6.45) is 0. The van der Waals surface area contributed by atoms with Gasteiger partial charge in [-0.1, -0.05) is 47.5 Å². The van der Waals surface area contributed by atoms with Gasteiger partial charge in [0, 0.05) is 10.6 Å². The molecule has 1 nitrogen and oxygen atoms in total. The third-order valence-electron chi connectivity index (χ3n) is 2.47. The topological polar surface area (TPSA) is 23.8 Å². The van der Waals surface area contributed by atoms with Crippen LogP contribution in [0.5, 0.6) is 0 Å². The molecule has 0 saturated heterocycles. The van der Waals surface area contributed by atoms with Crippen molar-refractivity contribution in [2.75, 3.05) is 0 Å². The third kappa shape index (κ3) is 1.93. The van der Waals surface area contributed by atoms with Gasteiger partial charge in [0.25, 0.3) is 0 Å². The second-order valence-corrected chi connectivity index (χ2v) is 4.05. The van der Waals surface area contributed by atoms with E-state index in [1.165, 1.54) is 5.56 Å². The smallest absolute Gasteiger partial charge is 0.0998 e. The summed E-state index contributed by atoms with van der Waals surface area (Å²) in [5.74, 6) is 0. The molecule has 2 heteroatoms. The molecule has 0 saturated carbocycles. The van der Waals surface area contributed by atoms with Crippen LogP contribution in [0.2, 0.25) is 5.02 Å². The molecule has 2 aromatic rings. The summed E-state index contributed by atoms with van der Waals surface area (Å²) in [6, 6.07) is 15.5. The molecule has 0 N–H and O–H groups in total. The normalized spacial score (nSPS) is 9.81. The van der Waals surface area contributed by atoms with Gasteiger partial charge < -0.3 is 0 Å². The number of halogens is 1. The van der Waals surface area contributed by atoms with E-state index in [4.69, 9.17) is 16.9 Å². The Labute approximate surface area is 99.9 Å². The highest BCUT2D eigenvalue weighted by atomic mass is 35.5. The summed E-state index contributed by atoms with van der Waals surface area (Å²) in [5, 5.41) is 9.66. The van der Waals surface area contributed by atoms with Crippen LogP contribution in [0.15, 0.2) is 42.5 Å². The van der Waals surface area contributed by atoms with Crippen molar-refractivity contribution in [3.05, 3.63) is 58.6 Å². The van der Waals surface area contributed by atoms with Crippen LogP contribution in [-0.2, 0) is 0 Å². The zero-order valence-corrected chi connectivity index (χ0v) is 9.62. The monoisotopic (exact) mass is 227 g/mol. The Hall–Kier alpha value is -1.78. The van der Waals surface area contributed by atoms with Crippen molar-refractivity contribution < 1.29 is 0 Å². The molecule has 0 atom stereocenters. The molecule has 2 rings (SSSR count). The summed E-state index contributed by atoms with van der Waals surface area (Å²) in [7, 11) is 0. The number of hydrogen-bond donors (Lipinski definition) is 0. The summed E-state index contributed by atoms with van der Waals surface area (Å²) in [4.78, 5) is 0. The lowest BCUT2D eigenvalue weighted by atomic mass is 9.99. The van der Waals surface area contributed by atoms with E-state index in [0.29, 0.717) is 10.6 Å². The van der Waals surface area contributed by atoms with Crippen LogP contribution in [0.25, 0.3) is 11.1 Å². The first-order chi connectivity index (χ1) is 7.72. The lowest BCUT2D eigenvalue weighted by Crippen LogP contribution is -1.85. The van der Waals surface area contributed by atoms with Crippen molar-refractivity contribution in [2.45, 2.75) is 6.92 Å². The van der Waals surface area contributed by atoms with Crippen LogP contribution in [0.4, 0.5) is 0 Å².